The standard InChI is InChI=1S/C25H35FN4O4S/c1-18(2)15-27-25(32)20(4)29(16-21-10-8-7-9-19(21)3)24(31)17-30(35(33,34)28(5)6)23-13-11-22(26)12-14-23/h7-14,18,20H,15-17H2,1-6H3,(H,27,32)/t20-/m1/s1. The third-order valence-electron chi connectivity index (χ3n) is 5.59. The van der Waals surface area contributed by atoms with Crippen LogP contribution in [0.3, 0.4) is 0 Å². The van der Waals surface area contributed by atoms with Crippen molar-refractivity contribution in [3.8, 4) is 0 Å². The average molecular weight is 507 g/mol. The van der Waals surface area contributed by atoms with Gasteiger partial charge in [-0.15, -0.1) is 0 Å². The zero-order chi connectivity index (χ0) is 26.3. The molecule has 2 aromatic carbocycles. The molecular formula is C25H35FN4O4S. The molecule has 2 amide bonds. The van der Waals surface area contributed by atoms with E-state index in [1.165, 1.54) is 31.1 Å². The largest absolute Gasteiger partial charge is 0.354 e. The number of hydrogen-bond acceptors (Lipinski definition) is 4. The lowest BCUT2D eigenvalue weighted by atomic mass is 10.1. The summed E-state index contributed by atoms with van der Waals surface area (Å²) in [5.41, 5.74) is 1.92. The van der Waals surface area contributed by atoms with E-state index >= 15 is 0 Å². The minimum Gasteiger partial charge on any atom is -0.354 e. The minimum absolute atomic E-state index is 0.126. The predicted molar refractivity (Wildman–Crippen MR) is 135 cm³/mol. The summed E-state index contributed by atoms with van der Waals surface area (Å²) in [5.74, 6) is -1.19. The van der Waals surface area contributed by atoms with Crippen LogP contribution in [-0.2, 0) is 26.3 Å². The highest BCUT2D eigenvalue weighted by Gasteiger charge is 2.32. The van der Waals surface area contributed by atoms with Crippen LogP contribution in [-0.4, -0.2) is 62.7 Å². The lowest BCUT2D eigenvalue weighted by Gasteiger charge is -2.33. The Morgan fingerprint density at radius 1 is 1.00 bits per heavy atom. The summed E-state index contributed by atoms with van der Waals surface area (Å²) in [7, 11) is -1.38. The highest BCUT2D eigenvalue weighted by Crippen LogP contribution is 2.21. The Balaban J connectivity index is 2.44. The normalized spacial score (nSPS) is 12.5. The number of halogens is 1. The van der Waals surface area contributed by atoms with Crippen molar-refractivity contribution in [2.45, 2.75) is 40.3 Å². The van der Waals surface area contributed by atoms with Gasteiger partial charge in [0, 0.05) is 27.2 Å². The van der Waals surface area contributed by atoms with Gasteiger partial charge in [-0.25, -0.2) is 8.70 Å². The van der Waals surface area contributed by atoms with Gasteiger partial charge in [-0.1, -0.05) is 38.1 Å². The van der Waals surface area contributed by atoms with Gasteiger partial charge in [0.25, 0.3) is 0 Å². The lowest BCUT2D eigenvalue weighted by Crippen LogP contribution is -2.52. The first kappa shape index (κ1) is 28.3. The van der Waals surface area contributed by atoms with E-state index in [9.17, 15) is 22.4 Å². The van der Waals surface area contributed by atoms with Crippen LogP contribution >= 0.6 is 0 Å². The molecule has 0 heterocycles. The molecule has 0 spiro atoms. The topological polar surface area (TPSA) is 90.0 Å². The molecule has 0 bridgehead atoms. The summed E-state index contributed by atoms with van der Waals surface area (Å²) in [6.07, 6.45) is 0. The fraction of sp³-hybridized carbons (Fsp3) is 0.440. The molecule has 35 heavy (non-hydrogen) atoms. The predicted octanol–water partition coefficient (Wildman–Crippen LogP) is 2.94. The highest BCUT2D eigenvalue weighted by molar-refractivity contribution is 7.90. The van der Waals surface area contributed by atoms with E-state index < -0.39 is 34.5 Å². The molecule has 0 saturated heterocycles. The second-order valence-electron chi connectivity index (χ2n) is 9.04. The Morgan fingerprint density at radius 2 is 1.60 bits per heavy atom. The third-order valence-corrected chi connectivity index (χ3v) is 7.41. The monoisotopic (exact) mass is 506 g/mol. The van der Waals surface area contributed by atoms with E-state index in [1.54, 1.807) is 6.92 Å². The molecule has 8 nitrogen and oxygen atoms in total. The van der Waals surface area contributed by atoms with Crippen molar-refractivity contribution in [3.63, 3.8) is 0 Å². The van der Waals surface area contributed by atoms with Gasteiger partial charge in [0.05, 0.1) is 5.69 Å². The number of amides is 2. The van der Waals surface area contributed by atoms with Crippen molar-refractivity contribution >= 4 is 27.7 Å². The minimum atomic E-state index is -4.09. The Labute approximate surface area is 207 Å². The van der Waals surface area contributed by atoms with Crippen molar-refractivity contribution in [3.05, 3.63) is 65.5 Å². The molecule has 0 aliphatic carbocycles. The molecule has 0 unspecified atom stereocenters. The summed E-state index contributed by atoms with van der Waals surface area (Å²) < 4.78 is 41.5. The molecule has 0 aromatic heterocycles. The number of benzene rings is 2. The fourth-order valence-corrected chi connectivity index (χ4v) is 4.39. The fourth-order valence-electron chi connectivity index (χ4n) is 3.33. The quantitative estimate of drug-likeness (QED) is 0.508. The molecule has 0 saturated carbocycles. The van der Waals surface area contributed by atoms with Gasteiger partial charge in [0.15, 0.2) is 0 Å². The van der Waals surface area contributed by atoms with Crippen LogP contribution < -0.4 is 9.62 Å². The summed E-state index contributed by atoms with van der Waals surface area (Å²) >= 11 is 0. The van der Waals surface area contributed by atoms with Crippen LogP contribution in [0.4, 0.5) is 10.1 Å². The van der Waals surface area contributed by atoms with Gasteiger partial charge < -0.3 is 10.2 Å². The first-order chi connectivity index (χ1) is 16.3. The molecule has 1 atom stereocenters. The molecule has 10 heteroatoms. The van der Waals surface area contributed by atoms with Crippen molar-refractivity contribution in [1.29, 1.82) is 0 Å². The first-order valence-electron chi connectivity index (χ1n) is 11.4. The first-order valence-corrected chi connectivity index (χ1v) is 12.8. The third kappa shape index (κ3) is 7.50. The maximum Gasteiger partial charge on any atom is 0.304 e. The smallest absolute Gasteiger partial charge is 0.304 e. The van der Waals surface area contributed by atoms with Crippen LogP contribution in [0.1, 0.15) is 31.9 Å². The van der Waals surface area contributed by atoms with E-state index in [0.29, 0.717) is 6.54 Å². The zero-order valence-corrected chi connectivity index (χ0v) is 22.0. The van der Waals surface area contributed by atoms with E-state index in [2.05, 4.69) is 5.32 Å². The number of nitrogens with zero attached hydrogens (tertiary/aromatic N) is 3. The number of aryl methyl sites for hydroxylation is 1. The Kier molecular flexibility index (Phi) is 9.79. The summed E-state index contributed by atoms with van der Waals surface area (Å²) in [5, 5.41) is 2.84. The number of rotatable bonds is 11. The van der Waals surface area contributed by atoms with Gasteiger partial charge in [-0.05, 0) is 55.2 Å². The van der Waals surface area contributed by atoms with Gasteiger partial charge in [-0.2, -0.15) is 12.7 Å². The van der Waals surface area contributed by atoms with Crippen molar-refractivity contribution in [2.24, 2.45) is 5.92 Å². The molecule has 0 radical (unpaired) electrons. The molecule has 2 aromatic rings. The zero-order valence-electron chi connectivity index (χ0n) is 21.2. The van der Waals surface area contributed by atoms with Crippen LogP contribution in [0.2, 0.25) is 0 Å². The average Bonchev–Trinajstić information content (AvgIpc) is 2.80. The lowest BCUT2D eigenvalue weighted by molar-refractivity contribution is -0.139. The van der Waals surface area contributed by atoms with Crippen LogP contribution in [0.5, 0.6) is 0 Å². The maximum absolute atomic E-state index is 13.6. The second-order valence-corrected chi connectivity index (χ2v) is 11.1. The van der Waals surface area contributed by atoms with Crippen molar-refractivity contribution in [2.75, 3.05) is 31.5 Å². The molecule has 0 aliphatic heterocycles. The number of anilines is 1. The SMILES string of the molecule is Cc1ccccc1CN(C(=O)CN(c1ccc(F)cc1)S(=O)(=O)N(C)C)[C@H](C)C(=O)NCC(C)C. The Hall–Kier alpha value is -2.98. The maximum atomic E-state index is 13.6. The van der Waals surface area contributed by atoms with E-state index in [4.69, 9.17) is 0 Å². The molecule has 192 valence electrons. The molecule has 0 aliphatic rings. The summed E-state index contributed by atoms with van der Waals surface area (Å²) in [6, 6.07) is 11.5. The number of carbonyl (C=O) groups excluding carboxylic acids is 2. The van der Waals surface area contributed by atoms with Gasteiger partial charge >= 0.3 is 10.2 Å². The van der Waals surface area contributed by atoms with Crippen LogP contribution in [0.25, 0.3) is 0 Å². The number of nitrogens with one attached hydrogen (secondary N) is 1. The highest BCUT2D eigenvalue weighted by atomic mass is 32.2. The van der Waals surface area contributed by atoms with Gasteiger partial charge in [0.1, 0.15) is 18.4 Å². The number of carbonyl (C=O) groups is 2. The molecular weight excluding hydrogens is 471 g/mol. The van der Waals surface area contributed by atoms with Crippen molar-refractivity contribution in [1.82, 2.24) is 14.5 Å². The second kappa shape index (κ2) is 12.1. The number of hydrogen-bond donors (Lipinski definition) is 1. The Bertz CT molecular complexity index is 1120. The van der Waals surface area contributed by atoms with E-state index in [0.717, 1.165) is 31.9 Å². The van der Waals surface area contributed by atoms with E-state index in [1.807, 2.05) is 45.0 Å². The molecule has 0 fully saturated rings. The van der Waals surface area contributed by atoms with Crippen molar-refractivity contribution < 1.29 is 22.4 Å². The summed E-state index contributed by atoms with van der Waals surface area (Å²) in [4.78, 5) is 27.9. The Morgan fingerprint density at radius 3 is 2.14 bits per heavy atom. The molecule has 2 rings (SSSR count). The summed E-state index contributed by atoms with van der Waals surface area (Å²) in [6.45, 7) is 7.48. The molecule has 1 N–H and O–H groups in total. The van der Waals surface area contributed by atoms with E-state index in [-0.39, 0.29) is 24.1 Å². The van der Waals surface area contributed by atoms with Crippen LogP contribution in [0.15, 0.2) is 48.5 Å². The van der Waals surface area contributed by atoms with Gasteiger partial charge in [0.2, 0.25) is 11.8 Å². The van der Waals surface area contributed by atoms with Crippen LogP contribution in [0, 0.1) is 18.7 Å². The van der Waals surface area contributed by atoms with Gasteiger partial charge in [-0.3, -0.25) is 9.59 Å².